The molecule has 4 heteroatoms. The van der Waals surface area contributed by atoms with Crippen molar-refractivity contribution >= 4 is 0 Å². The molecule has 1 aromatic rings. The minimum Gasteiger partial charge on any atom is -0.382 e. The molecule has 0 spiro atoms. The van der Waals surface area contributed by atoms with E-state index in [2.05, 4.69) is 5.48 Å². The maximum Gasteiger partial charge on any atom is 0.105 e. The van der Waals surface area contributed by atoms with E-state index in [9.17, 15) is 0 Å². The van der Waals surface area contributed by atoms with Crippen molar-refractivity contribution in [3.05, 3.63) is 35.4 Å². The molecule has 0 fully saturated rings. The van der Waals surface area contributed by atoms with Gasteiger partial charge in [-0.3, -0.25) is 0 Å². The van der Waals surface area contributed by atoms with Gasteiger partial charge in [0, 0.05) is 20.8 Å². The summed E-state index contributed by atoms with van der Waals surface area (Å²) in [6, 6.07) is 8.17. The van der Waals surface area contributed by atoms with Gasteiger partial charge in [0.05, 0.1) is 13.7 Å². The van der Waals surface area contributed by atoms with Crippen LogP contribution in [0.1, 0.15) is 17.2 Å². The molecule has 16 heavy (non-hydrogen) atoms. The van der Waals surface area contributed by atoms with Crippen molar-refractivity contribution in [2.75, 3.05) is 27.9 Å². The average molecular weight is 225 g/mol. The largest absolute Gasteiger partial charge is 0.382 e. The van der Waals surface area contributed by atoms with Crippen LogP contribution in [0, 0.1) is 0 Å². The van der Waals surface area contributed by atoms with Crippen LogP contribution < -0.4 is 5.48 Å². The minimum absolute atomic E-state index is 0.00515. The van der Waals surface area contributed by atoms with Crippen molar-refractivity contribution in [1.82, 2.24) is 5.48 Å². The highest BCUT2D eigenvalue weighted by Crippen LogP contribution is 2.17. The number of rotatable bonds is 7. The second-order valence-electron chi connectivity index (χ2n) is 3.45. The van der Waals surface area contributed by atoms with Crippen molar-refractivity contribution in [3.8, 4) is 0 Å². The Balaban J connectivity index is 2.61. The maximum atomic E-state index is 5.33. The Morgan fingerprint density at radius 1 is 1.12 bits per heavy atom. The SMILES string of the molecule is COCC(OC)c1ccc(CNOC)cc1. The van der Waals surface area contributed by atoms with E-state index in [1.165, 1.54) is 0 Å². The number of benzene rings is 1. The maximum absolute atomic E-state index is 5.33. The van der Waals surface area contributed by atoms with E-state index in [4.69, 9.17) is 14.3 Å². The molecule has 0 aliphatic rings. The van der Waals surface area contributed by atoms with Crippen LogP contribution in [0.25, 0.3) is 0 Å². The third-order valence-electron chi connectivity index (χ3n) is 2.37. The number of ether oxygens (including phenoxy) is 2. The summed E-state index contributed by atoms with van der Waals surface area (Å²) in [4.78, 5) is 4.79. The fraction of sp³-hybridized carbons (Fsp3) is 0.500. The molecule has 1 N–H and O–H groups in total. The first-order valence-corrected chi connectivity index (χ1v) is 5.18. The van der Waals surface area contributed by atoms with Gasteiger partial charge in [0.2, 0.25) is 0 Å². The Kier molecular flexibility index (Phi) is 6.03. The van der Waals surface area contributed by atoms with E-state index in [0.717, 1.165) is 11.1 Å². The van der Waals surface area contributed by atoms with Gasteiger partial charge in [-0.1, -0.05) is 24.3 Å². The molecule has 1 atom stereocenters. The molecule has 0 amide bonds. The molecule has 1 unspecified atom stereocenters. The van der Waals surface area contributed by atoms with Gasteiger partial charge in [0.15, 0.2) is 0 Å². The predicted molar refractivity (Wildman–Crippen MR) is 61.9 cm³/mol. The van der Waals surface area contributed by atoms with Crippen LogP contribution in [-0.2, 0) is 20.9 Å². The van der Waals surface area contributed by atoms with Crippen LogP contribution >= 0.6 is 0 Å². The normalized spacial score (nSPS) is 12.7. The topological polar surface area (TPSA) is 39.7 Å². The zero-order chi connectivity index (χ0) is 11.8. The Morgan fingerprint density at radius 2 is 1.81 bits per heavy atom. The van der Waals surface area contributed by atoms with E-state index >= 15 is 0 Å². The summed E-state index contributed by atoms with van der Waals surface area (Å²) in [6.07, 6.45) is -0.00515. The van der Waals surface area contributed by atoms with Crippen LogP contribution in [0.4, 0.5) is 0 Å². The number of hydroxylamine groups is 1. The van der Waals surface area contributed by atoms with Crippen molar-refractivity contribution in [2.24, 2.45) is 0 Å². The Hall–Kier alpha value is -0.940. The number of hydrogen-bond donors (Lipinski definition) is 1. The van der Waals surface area contributed by atoms with Gasteiger partial charge in [-0.25, -0.2) is 0 Å². The predicted octanol–water partition coefficient (Wildman–Crippen LogP) is 1.67. The molecule has 0 radical (unpaired) electrons. The first kappa shape index (κ1) is 13.1. The summed E-state index contributed by atoms with van der Waals surface area (Å²) < 4.78 is 10.4. The van der Waals surface area contributed by atoms with E-state index in [0.29, 0.717) is 13.2 Å². The quantitative estimate of drug-likeness (QED) is 0.717. The molecule has 0 bridgehead atoms. The third kappa shape index (κ3) is 3.90. The Bertz CT molecular complexity index is 287. The Morgan fingerprint density at radius 3 is 2.31 bits per heavy atom. The summed E-state index contributed by atoms with van der Waals surface area (Å²) in [7, 11) is 4.96. The summed E-state index contributed by atoms with van der Waals surface area (Å²) >= 11 is 0. The zero-order valence-electron chi connectivity index (χ0n) is 10.0. The van der Waals surface area contributed by atoms with Gasteiger partial charge in [-0.2, -0.15) is 5.48 Å². The zero-order valence-corrected chi connectivity index (χ0v) is 10.0. The first-order chi connectivity index (χ1) is 7.81. The van der Waals surface area contributed by atoms with E-state index in [1.54, 1.807) is 21.3 Å². The number of nitrogens with one attached hydrogen (secondary N) is 1. The minimum atomic E-state index is -0.00515. The van der Waals surface area contributed by atoms with Crippen molar-refractivity contribution in [3.63, 3.8) is 0 Å². The highest BCUT2D eigenvalue weighted by molar-refractivity contribution is 5.24. The standard InChI is InChI=1S/C12H19NO3/c1-14-9-12(15-2)11-6-4-10(5-7-11)8-13-16-3/h4-7,12-13H,8-9H2,1-3H3. The number of methoxy groups -OCH3 is 2. The molecular formula is C12H19NO3. The molecule has 4 nitrogen and oxygen atoms in total. The fourth-order valence-corrected chi connectivity index (χ4v) is 1.46. The fourth-order valence-electron chi connectivity index (χ4n) is 1.46. The van der Waals surface area contributed by atoms with Gasteiger partial charge < -0.3 is 14.3 Å². The van der Waals surface area contributed by atoms with Crippen LogP contribution in [-0.4, -0.2) is 27.9 Å². The summed E-state index contributed by atoms with van der Waals surface area (Å²) in [5.41, 5.74) is 5.08. The molecule has 0 aromatic heterocycles. The molecule has 90 valence electrons. The van der Waals surface area contributed by atoms with Crippen LogP contribution in [0.2, 0.25) is 0 Å². The van der Waals surface area contributed by atoms with E-state index in [-0.39, 0.29) is 6.10 Å². The molecule has 1 rings (SSSR count). The van der Waals surface area contributed by atoms with Crippen molar-refractivity contribution in [2.45, 2.75) is 12.6 Å². The second-order valence-corrected chi connectivity index (χ2v) is 3.45. The van der Waals surface area contributed by atoms with Crippen LogP contribution in [0.3, 0.4) is 0 Å². The van der Waals surface area contributed by atoms with E-state index in [1.807, 2.05) is 24.3 Å². The van der Waals surface area contributed by atoms with Gasteiger partial charge in [0.1, 0.15) is 6.10 Å². The molecule has 0 saturated heterocycles. The smallest absolute Gasteiger partial charge is 0.105 e. The summed E-state index contributed by atoms with van der Waals surface area (Å²) in [5, 5.41) is 0. The van der Waals surface area contributed by atoms with Crippen LogP contribution in [0.5, 0.6) is 0 Å². The lowest BCUT2D eigenvalue weighted by atomic mass is 10.1. The van der Waals surface area contributed by atoms with Gasteiger partial charge in [0.25, 0.3) is 0 Å². The van der Waals surface area contributed by atoms with Crippen molar-refractivity contribution < 1.29 is 14.3 Å². The third-order valence-corrected chi connectivity index (χ3v) is 2.37. The average Bonchev–Trinajstić information content (AvgIpc) is 2.34. The van der Waals surface area contributed by atoms with Gasteiger partial charge >= 0.3 is 0 Å². The molecule has 0 aliphatic heterocycles. The monoisotopic (exact) mass is 225 g/mol. The molecule has 1 aromatic carbocycles. The number of hydrogen-bond acceptors (Lipinski definition) is 4. The van der Waals surface area contributed by atoms with Crippen molar-refractivity contribution in [1.29, 1.82) is 0 Å². The highest BCUT2D eigenvalue weighted by Gasteiger charge is 2.09. The van der Waals surface area contributed by atoms with Gasteiger partial charge in [-0.15, -0.1) is 0 Å². The first-order valence-electron chi connectivity index (χ1n) is 5.18. The summed E-state index contributed by atoms with van der Waals surface area (Å²) in [5.74, 6) is 0. The molecule has 0 saturated carbocycles. The van der Waals surface area contributed by atoms with E-state index < -0.39 is 0 Å². The Labute approximate surface area is 96.5 Å². The lowest BCUT2D eigenvalue weighted by Crippen LogP contribution is -2.11. The molecule has 0 heterocycles. The second kappa shape index (κ2) is 7.35. The van der Waals surface area contributed by atoms with Gasteiger partial charge in [-0.05, 0) is 11.1 Å². The molecular weight excluding hydrogens is 206 g/mol. The molecule has 0 aliphatic carbocycles. The van der Waals surface area contributed by atoms with Crippen LogP contribution in [0.15, 0.2) is 24.3 Å². The lowest BCUT2D eigenvalue weighted by Gasteiger charge is -2.15. The summed E-state index contributed by atoms with van der Waals surface area (Å²) in [6.45, 7) is 1.25. The lowest BCUT2D eigenvalue weighted by molar-refractivity contribution is 0.0274. The highest BCUT2D eigenvalue weighted by atomic mass is 16.6.